The first-order valence-corrected chi connectivity index (χ1v) is 5.95. The predicted octanol–water partition coefficient (Wildman–Crippen LogP) is -0.142. The Hall–Kier alpha value is -1.18. The minimum atomic E-state index is -0.767. The summed E-state index contributed by atoms with van der Waals surface area (Å²) in [6, 6.07) is -0.602. The number of ether oxygens (including phenoxy) is 4. The summed E-state index contributed by atoms with van der Waals surface area (Å²) < 4.78 is 20.3. The van der Waals surface area contributed by atoms with Crippen LogP contribution in [0.4, 0.5) is 0 Å². The third-order valence-corrected chi connectivity index (χ3v) is 2.72. The molecule has 0 aliphatic carbocycles. The molecule has 19 heavy (non-hydrogen) atoms. The summed E-state index contributed by atoms with van der Waals surface area (Å²) >= 11 is 0. The number of hydrogen-bond acceptors (Lipinski definition) is 7. The van der Waals surface area contributed by atoms with Crippen LogP contribution in [0.2, 0.25) is 0 Å². The van der Waals surface area contributed by atoms with Gasteiger partial charge in [-0.05, 0) is 6.92 Å². The monoisotopic (exact) mass is 277 g/mol. The summed E-state index contributed by atoms with van der Waals surface area (Å²) in [6.45, 7) is 4.26. The predicted molar refractivity (Wildman–Crippen MR) is 67.4 cm³/mol. The van der Waals surface area contributed by atoms with Crippen molar-refractivity contribution in [2.24, 2.45) is 5.73 Å². The summed E-state index contributed by atoms with van der Waals surface area (Å²) in [5, 5.41) is 0. The smallest absolute Gasteiger partial charge is 0.303 e. The molecule has 0 amide bonds. The molecule has 0 spiro atoms. The van der Waals surface area contributed by atoms with E-state index in [1.807, 2.05) is 0 Å². The van der Waals surface area contributed by atoms with Crippen molar-refractivity contribution in [3.63, 3.8) is 0 Å². The molecule has 0 saturated carbocycles. The van der Waals surface area contributed by atoms with Gasteiger partial charge in [0.2, 0.25) is 0 Å². The lowest BCUT2D eigenvalue weighted by atomic mass is 10.0. The Kier molecular flexibility index (Phi) is 8.29. The Morgan fingerprint density at radius 3 is 2.05 bits per heavy atom. The van der Waals surface area contributed by atoms with Crippen molar-refractivity contribution in [3.05, 3.63) is 0 Å². The van der Waals surface area contributed by atoms with Gasteiger partial charge in [0.25, 0.3) is 0 Å². The molecule has 0 aliphatic rings. The number of rotatable bonds is 8. The zero-order chi connectivity index (χ0) is 15.0. The molecule has 0 heterocycles. The SMILES string of the molecule is COC(COC(C)=O)C(OC(C)=O)C(N)[C@@H](C)OC. The van der Waals surface area contributed by atoms with Crippen molar-refractivity contribution in [1.29, 1.82) is 0 Å². The Bertz CT molecular complexity index is 296. The Morgan fingerprint density at radius 2 is 1.68 bits per heavy atom. The molecule has 0 aromatic carbocycles. The van der Waals surface area contributed by atoms with Gasteiger partial charge in [0.05, 0.1) is 12.1 Å². The molecular weight excluding hydrogens is 254 g/mol. The van der Waals surface area contributed by atoms with E-state index >= 15 is 0 Å². The molecule has 0 fully saturated rings. The van der Waals surface area contributed by atoms with Gasteiger partial charge < -0.3 is 24.7 Å². The number of carbonyl (C=O) groups excluding carboxylic acids is 2. The first-order valence-electron chi connectivity index (χ1n) is 5.95. The van der Waals surface area contributed by atoms with E-state index < -0.39 is 30.2 Å². The second kappa shape index (κ2) is 8.84. The van der Waals surface area contributed by atoms with E-state index in [-0.39, 0.29) is 12.7 Å². The van der Waals surface area contributed by atoms with Crippen LogP contribution in [0.5, 0.6) is 0 Å². The molecule has 2 N–H and O–H groups in total. The van der Waals surface area contributed by atoms with Crippen molar-refractivity contribution < 1.29 is 28.5 Å². The molecule has 3 unspecified atom stereocenters. The lowest BCUT2D eigenvalue weighted by molar-refractivity contribution is -0.165. The first-order chi connectivity index (χ1) is 8.83. The van der Waals surface area contributed by atoms with Gasteiger partial charge in [-0.3, -0.25) is 9.59 Å². The van der Waals surface area contributed by atoms with Crippen LogP contribution in [-0.2, 0) is 28.5 Å². The van der Waals surface area contributed by atoms with E-state index in [0.29, 0.717) is 0 Å². The summed E-state index contributed by atoms with van der Waals surface area (Å²) in [7, 11) is 2.93. The average Bonchev–Trinajstić information content (AvgIpc) is 2.35. The summed E-state index contributed by atoms with van der Waals surface area (Å²) in [4.78, 5) is 22.0. The molecule has 112 valence electrons. The molecule has 0 bridgehead atoms. The normalized spacial score (nSPS) is 17.2. The summed E-state index contributed by atoms with van der Waals surface area (Å²) in [6.07, 6.45) is -1.77. The largest absolute Gasteiger partial charge is 0.463 e. The van der Waals surface area contributed by atoms with Crippen molar-refractivity contribution in [3.8, 4) is 0 Å². The highest BCUT2D eigenvalue weighted by atomic mass is 16.6. The molecule has 0 saturated heterocycles. The fraction of sp³-hybridized carbons (Fsp3) is 0.833. The Balaban J connectivity index is 4.85. The van der Waals surface area contributed by atoms with Crippen LogP contribution < -0.4 is 5.73 Å². The molecule has 0 rings (SSSR count). The maximum atomic E-state index is 11.1. The molecule has 0 aromatic rings. The van der Waals surface area contributed by atoms with Crippen LogP contribution in [0.25, 0.3) is 0 Å². The number of carbonyl (C=O) groups is 2. The number of nitrogens with two attached hydrogens (primary N) is 1. The van der Waals surface area contributed by atoms with Crippen LogP contribution in [0.15, 0.2) is 0 Å². The average molecular weight is 277 g/mol. The van der Waals surface area contributed by atoms with Gasteiger partial charge in [-0.2, -0.15) is 0 Å². The zero-order valence-electron chi connectivity index (χ0n) is 12.0. The standard InChI is InChI=1S/C12H23NO6/c1-7(16-4)11(13)12(19-9(3)15)10(17-5)6-18-8(2)14/h7,10-12H,6,13H2,1-5H3/t7-,10?,11?,12?/m1/s1. The van der Waals surface area contributed by atoms with Crippen LogP contribution in [0.1, 0.15) is 20.8 Å². The highest BCUT2D eigenvalue weighted by Gasteiger charge is 2.34. The Labute approximate surface area is 113 Å². The van der Waals surface area contributed by atoms with E-state index in [9.17, 15) is 9.59 Å². The first kappa shape index (κ1) is 17.8. The van der Waals surface area contributed by atoms with Crippen LogP contribution >= 0.6 is 0 Å². The van der Waals surface area contributed by atoms with E-state index in [1.165, 1.54) is 28.1 Å². The van der Waals surface area contributed by atoms with Gasteiger partial charge in [-0.1, -0.05) is 0 Å². The van der Waals surface area contributed by atoms with E-state index in [1.54, 1.807) is 6.92 Å². The van der Waals surface area contributed by atoms with Crippen LogP contribution in [0.3, 0.4) is 0 Å². The molecule has 0 aliphatic heterocycles. The van der Waals surface area contributed by atoms with Gasteiger partial charge in [0.1, 0.15) is 18.8 Å². The molecule has 7 nitrogen and oxygen atoms in total. The van der Waals surface area contributed by atoms with Gasteiger partial charge in [-0.15, -0.1) is 0 Å². The third-order valence-electron chi connectivity index (χ3n) is 2.72. The number of esters is 2. The minimum absolute atomic E-state index is 0.0477. The lowest BCUT2D eigenvalue weighted by Gasteiger charge is -2.32. The quantitative estimate of drug-likeness (QED) is 0.616. The topological polar surface area (TPSA) is 97.1 Å². The fourth-order valence-corrected chi connectivity index (χ4v) is 1.51. The van der Waals surface area contributed by atoms with E-state index in [4.69, 9.17) is 24.7 Å². The number of methoxy groups -OCH3 is 2. The second-order valence-corrected chi connectivity index (χ2v) is 4.17. The highest BCUT2D eigenvalue weighted by molar-refractivity contribution is 5.66. The van der Waals surface area contributed by atoms with Crippen LogP contribution in [-0.4, -0.2) is 57.1 Å². The third kappa shape index (κ3) is 6.51. The van der Waals surface area contributed by atoms with Crippen molar-refractivity contribution >= 4 is 11.9 Å². The second-order valence-electron chi connectivity index (χ2n) is 4.17. The molecule has 0 radical (unpaired) electrons. The summed E-state index contributed by atoms with van der Waals surface area (Å²) in [5.74, 6) is -0.939. The summed E-state index contributed by atoms with van der Waals surface area (Å²) in [5.41, 5.74) is 5.98. The number of hydrogen-bond donors (Lipinski definition) is 1. The molecule has 7 heteroatoms. The fourth-order valence-electron chi connectivity index (χ4n) is 1.51. The van der Waals surface area contributed by atoms with E-state index in [2.05, 4.69) is 0 Å². The maximum absolute atomic E-state index is 11.1. The zero-order valence-corrected chi connectivity index (χ0v) is 12.0. The molecule has 0 aromatic heterocycles. The van der Waals surface area contributed by atoms with Crippen molar-refractivity contribution in [2.45, 2.75) is 45.1 Å². The van der Waals surface area contributed by atoms with Gasteiger partial charge in [0.15, 0.2) is 0 Å². The van der Waals surface area contributed by atoms with Gasteiger partial charge >= 0.3 is 11.9 Å². The molecular formula is C12H23NO6. The van der Waals surface area contributed by atoms with Crippen LogP contribution in [0, 0.1) is 0 Å². The van der Waals surface area contributed by atoms with Gasteiger partial charge in [-0.25, -0.2) is 0 Å². The highest BCUT2D eigenvalue weighted by Crippen LogP contribution is 2.13. The van der Waals surface area contributed by atoms with E-state index in [0.717, 1.165) is 0 Å². The maximum Gasteiger partial charge on any atom is 0.303 e. The van der Waals surface area contributed by atoms with Crippen molar-refractivity contribution in [1.82, 2.24) is 0 Å². The minimum Gasteiger partial charge on any atom is -0.463 e. The Morgan fingerprint density at radius 1 is 1.11 bits per heavy atom. The van der Waals surface area contributed by atoms with Crippen molar-refractivity contribution in [2.75, 3.05) is 20.8 Å². The lowest BCUT2D eigenvalue weighted by Crippen LogP contribution is -2.53. The van der Waals surface area contributed by atoms with Gasteiger partial charge in [0, 0.05) is 28.1 Å². The molecule has 4 atom stereocenters.